The highest BCUT2D eigenvalue weighted by atomic mass is 127. The van der Waals surface area contributed by atoms with E-state index in [0.717, 1.165) is 28.0 Å². The lowest BCUT2D eigenvalue weighted by molar-refractivity contribution is 0.0690. The molecule has 0 aromatic heterocycles. The lowest BCUT2D eigenvalue weighted by Crippen LogP contribution is -2.32. The average Bonchev–Trinajstić information content (AvgIpc) is 3.19. The molecule has 6 nitrogen and oxygen atoms in total. The molecular formula is C20H19F2IN2O4. The van der Waals surface area contributed by atoms with Gasteiger partial charge in [-0.3, -0.25) is 4.79 Å². The van der Waals surface area contributed by atoms with E-state index in [1.165, 1.54) is 0 Å². The van der Waals surface area contributed by atoms with Crippen LogP contribution in [0.4, 0.5) is 20.2 Å². The van der Waals surface area contributed by atoms with Crippen molar-refractivity contribution >= 4 is 45.8 Å². The van der Waals surface area contributed by atoms with Gasteiger partial charge >= 0.3 is 5.97 Å². The molecule has 3 rings (SSSR count). The van der Waals surface area contributed by atoms with E-state index in [-0.39, 0.29) is 18.2 Å². The monoisotopic (exact) mass is 516 g/mol. The Kier molecular flexibility index (Phi) is 6.68. The van der Waals surface area contributed by atoms with E-state index in [9.17, 15) is 23.5 Å². The molecule has 3 N–H and O–H groups in total. The number of amides is 1. The first kappa shape index (κ1) is 21.4. The largest absolute Gasteiger partial charge is 0.478 e. The molecule has 1 heterocycles. The highest BCUT2D eigenvalue weighted by Gasteiger charge is 2.26. The Labute approximate surface area is 179 Å². The molecule has 0 radical (unpaired) electrons. The van der Waals surface area contributed by atoms with E-state index in [1.807, 2.05) is 6.07 Å². The Morgan fingerprint density at radius 2 is 2.00 bits per heavy atom. The number of carboxylic acid groups (broad SMARTS) is 1. The van der Waals surface area contributed by atoms with Crippen LogP contribution in [0.5, 0.6) is 0 Å². The molecule has 2 aromatic rings. The van der Waals surface area contributed by atoms with Crippen LogP contribution in [0.2, 0.25) is 0 Å². The molecule has 0 aliphatic carbocycles. The van der Waals surface area contributed by atoms with Gasteiger partial charge in [-0.05, 0) is 72.2 Å². The summed E-state index contributed by atoms with van der Waals surface area (Å²) in [6.45, 7) is 2.58. The first-order valence-electron chi connectivity index (χ1n) is 8.96. The first-order chi connectivity index (χ1) is 13.8. The van der Waals surface area contributed by atoms with Gasteiger partial charge in [-0.2, -0.15) is 0 Å². The molecule has 1 aliphatic rings. The van der Waals surface area contributed by atoms with Gasteiger partial charge in [-0.1, -0.05) is 0 Å². The van der Waals surface area contributed by atoms with Crippen LogP contribution in [0, 0.1) is 22.1 Å². The van der Waals surface area contributed by atoms with Crippen molar-refractivity contribution in [1.82, 2.24) is 5.32 Å². The Morgan fingerprint density at radius 3 is 2.62 bits per heavy atom. The number of ether oxygens (including phenoxy) is 1. The van der Waals surface area contributed by atoms with Gasteiger partial charge in [0.05, 0.1) is 22.9 Å². The second kappa shape index (κ2) is 9.04. The Bertz CT molecular complexity index is 962. The molecule has 1 unspecified atom stereocenters. The van der Waals surface area contributed by atoms with Gasteiger partial charge < -0.3 is 20.5 Å². The van der Waals surface area contributed by atoms with Crippen LogP contribution in [0.25, 0.3) is 0 Å². The molecule has 1 atom stereocenters. The van der Waals surface area contributed by atoms with Gasteiger partial charge in [-0.15, -0.1) is 0 Å². The normalized spacial score (nSPS) is 15.9. The summed E-state index contributed by atoms with van der Waals surface area (Å²) in [5.74, 6) is -5.33. The van der Waals surface area contributed by atoms with Crippen molar-refractivity contribution < 1.29 is 28.2 Å². The van der Waals surface area contributed by atoms with Crippen LogP contribution in [0.1, 0.15) is 39.1 Å². The molecule has 0 saturated carbocycles. The van der Waals surface area contributed by atoms with E-state index in [2.05, 4.69) is 33.2 Å². The number of hydrogen-bond donors (Lipinski definition) is 3. The van der Waals surface area contributed by atoms with Gasteiger partial charge in [0.2, 0.25) is 0 Å². The van der Waals surface area contributed by atoms with Crippen molar-refractivity contribution in [3.63, 3.8) is 0 Å². The predicted molar refractivity (Wildman–Crippen MR) is 112 cm³/mol. The van der Waals surface area contributed by atoms with Gasteiger partial charge in [0.25, 0.3) is 5.91 Å². The fourth-order valence-electron chi connectivity index (χ4n) is 3.09. The molecule has 1 aliphatic heterocycles. The number of aromatic carboxylic acids is 1. The lowest BCUT2D eigenvalue weighted by Gasteiger charge is -2.17. The first-order valence-corrected chi connectivity index (χ1v) is 10.0. The summed E-state index contributed by atoms with van der Waals surface area (Å²) < 4.78 is 35.5. The molecule has 2 aromatic carbocycles. The zero-order valence-corrected chi connectivity index (χ0v) is 17.7. The summed E-state index contributed by atoms with van der Waals surface area (Å²) >= 11 is 2.12. The summed E-state index contributed by atoms with van der Waals surface area (Å²) in [6, 6.07) is 6.12. The number of benzene rings is 2. The van der Waals surface area contributed by atoms with E-state index in [1.54, 1.807) is 19.1 Å². The van der Waals surface area contributed by atoms with Crippen LogP contribution in [-0.4, -0.2) is 36.2 Å². The number of halogens is 3. The Hall–Kier alpha value is -2.27. The number of carbonyl (C=O) groups excluding carboxylic acids is 1. The summed E-state index contributed by atoms with van der Waals surface area (Å²) in [5.41, 5.74) is -0.391. The van der Waals surface area contributed by atoms with Gasteiger partial charge in [0.15, 0.2) is 11.6 Å². The third-order valence-electron chi connectivity index (χ3n) is 4.64. The molecule has 1 saturated heterocycles. The molecule has 9 heteroatoms. The van der Waals surface area contributed by atoms with Crippen LogP contribution >= 0.6 is 22.6 Å². The molecule has 0 bridgehead atoms. The Balaban J connectivity index is 1.99. The summed E-state index contributed by atoms with van der Waals surface area (Å²) in [7, 11) is 0. The smallest absolute Gasteiger partial charge is 0.338 e. The predicted octanol–water partition coefficient (Wildman–Crippen LogP) is 4.23. The standard InChI is InChI=1S/C20H19F2IN2O4/c1-10-7-11(23)4-5-15(10)25-18-14(8-13(20(27)28)16(21)17(18)22)19(26)24-9-12-3-2-6-29-12/h4-5,7-8,12,25H,2-3,6,9H2,1H3,(H,24,26)(H,27,28). The second-order valence-electron chi connectivity index (χ2n) is 6.71. The topological polar surface area (TPSA) is 87.7 Å². The van der Waals surface area contributed by atoms with E-state index < -0.39 is 34.8 Å². The number of nitrogens with one attached hydrogen (secondary N) is 2. The molecule has 1 amide bonds. The number of carbonyl (C=O) groups is 2. The SMILES string of the molecule is Cc1cc(I)ccc1Nc1c(C(=O)NCC2CCCO2)cc(C(=O)O)c(F)c1F. The molecule has 29 heavy (non-hydrogen) atoms. The van der Waals surface area contributed by atoms with Crippen molar-refractivity contribution in [2.75, 3.05) is 18.5 Å². The quantitative estimate of drug-likeness (QED) is 0.501. The number of carboxylic acids is 1. The van der Waals surface area contributed by atoms with Crippen molar-refractivity contribution in [1.29, 1.82) is 0 Å². The fraction of sp³-hybridized carbons (Fsp3) is 0.300. The molecule has 1 fully saturated rings. The average molecular weight is 516 g/mol. The maximum Gasteiger partial charge on any atom is 0.338 e. The van der Waals surface area contributed by atoms with Crippen molar-refractivity contribution in [2.45, 2.75) is 25.9 Å². The van der Waals surface area contributed by atoms with E-state index >= 15 is 0 Å². The number of rotatable bonds is 6. The molecular weight excluding hydrogens is 497 g/mol. The minimum absolute atomic E-state index is 0.155. The van der Waals surface area contributed by atoms with Gasteiger partial charge in [0.1, 0.15) is 0 Å². The molecule has 154 valence electrons. The van der Waals surface area contributed by atoms with Crippen molar-refractivity contribution in [3.8, 4) is 0 Å². The highest BCUT2D eigenvalue weighted by Crippen LogP contribution is 2.31. The fourth-order valence-corrected chi connectivity index (χ4v) is 3.74. The van der Waals surface area contributed by atoms with Crippen LogP contribution in [-0.2, 0) is 4.74 Å². The number of aryl methyl sites for hydroxylation is 1. The minimum atomic E-state index is -1.66. The second-order valence-corrected chi connectivity index (χ2v) is 7.95. The van der Waals surface area contributed by atoms with Gasteiger partial charge in [-0.25, -0.2) is 13.6 Å². The highest BCUT2D eigenvalue weighted by molar-refractivity contribution is 14.1. The maximum atomic E-state index is 14.8. The van der Waals surface area contributed by atoms with Crippen LogP contribution in [0.3, 0.4) is 0 Å². The molecule has 0 spiro atoms. The van der Waals surface area contributed by atoms with Crippen molar-refractivity contribution in [2.24, 2.45) is 0 Å². The zero-order valence-electron chi connectivity index (χ0n) is 15.5. The number of anilines is 2. The maximum absolute atomic E-state index is 14.8. The third kappa shape index (κ3) is 4.84. The summed E-state index contributed by atoms with van der Waals surface area (Å²) in [6.07, 6.45) is 1.51. The minimum Gasteiger partial charge on any atom is -0.478 e. The zero-order chi connectivity index (χ0) is 21.1. The van der Waals surface area contributed by atoms with E-state index in [0.29, 0.717) is 12.3 Å². The van der Waals surface area contributed by atoms with Crippen LogP contribution < -0.4 is 10.6 Å². The summed E-state index contributed by atoms with van der Waals surface area (Å²) in [4.78, 5) is 24.0. The number of hydrogen-bond acceptors (Lipinski definition) is 4. The van der Waals surface area contributed by atoms with Crippen LogP contribution in [0.15, 0.2) is 24.3 Å². The Morgan fingerprint density at radius 1 is 1.24 bits per heavy atom. The summed E-state index contributed by atoms with van der Waals surface area (Å²) in [5, 5.41) is 14.5. The van der Waals surface area contributed by atoms with Gasteiger partial charge in [0, 0.05) is 22.4 Å². The third-order valence-corrected chi connectivity index (χ3v) is 5.32. The van der Waals surface area contributed by atoms with E-state index in [4.69, 9.17) is 4.74 Å². The lowest BCUT2D eigenvalue weighted by atomic mass is 10.0. The van der Waals surface area contributed by atoms with Crippen molar-refractivity contribution in [3.05, 3.63) is 56.2 Å².